The Morgan fingerprint density at radius 1 is 1.39 bits per heavy atom. The van der Waals surface area contributed by atoms with Crippen LogP contribution in [0.1, 0.15) is 6.92 Å². The van der Waals surface area contributed by atoms with E-state index in [0.717, 1.165) is 17.0 Å². The van der Waals surface area contributed by atoms with Gasteiger partial charge in [-0.15, -0.1) is 0 Å². The SMILES string of the molecule is CC1(C(=O)O)CN(c2cc(F)cc(F)c2)C(=O)N1. The molecule has 1 heterocycles. The molecule has 0 aromatic heterocycles. The topological polar surface area (TPSA) is 69.6 Å². The van der Waals surface area contributed by atoms with Crippen molar-refractivity contribution >= 4 is 17.7 Å². The average Bonchev–Trinajstić information content (AvgIpc) is 2.54. The summed E-state index contributed by atoms with van der Waals surface area (Å²) in [6.07, 6.45) is 0. The van der Waals surface area contributed by atoms with Crippen LogP contribution in [0.3, 0.4) is 0 Å². The summed E-state index contributed by atoms with van der Waals surface area (Å²) in [5, 5.41) is 11.2. The van der Waals surface area contributed by atoms with Gasteiger partial charge in [0.25, 0.3) is 0 Å². The number of anilines is 1. The molecule has 96 valence electrons. The largest absolute Gasteiger partial charge is 0.479 e. The molecule has 2 N–H and O–H groups in total. The van der Waals surface area contributed by atoms with Gasteiger partial charge in [0.2, 0.25) is 0 Å². The Hall–Kier alpha value is -2.18. The van der Waals surface area contributed by atoms with Crippen molar-refractivity contribution in [3.63, 3.8) is 0 Å². The smallest absolute Gasteiger partial charge is 0.331 e. The summed E-state index contributed by atoms with van der Waals surface area (Å²) < 4.78 is 26.1. The highest BCUT2D eigenvalue weighted by molar-refractivity contribution is 6.00. The minimum Gasteiger partial charge on any atom is -0.479 e. The zero-order valence-corrected chi connectivity index (χ0v) is 9.41. The van der Waals surface area contributed by atoms with Crippen LogP contribution in [-0.2, 0) is 4.79 Å². The van der Waals surface area contributed by atoms with Gasteiger partial charge in [-0.05, 0) is 19.1 Å². The quantitative estimate of drug-likeness (QED) is 0.838. The predicted octanol–water partition coefficient (Wildman–Crippen LogP) is 1.34. The van der Waals surface area contributed by atoms with E-state index in [1.165, 1.54) is 6.92 Å². The number of carbonyl (C=O) groups is 2. The van der Waals surface area contributed by atoms with E-state index in [-0.39, 0.29) is 12.2 Å². The molecule has 0 bridgehead atoms. The first-order valence-corrected chi connectivity index (χ1v) is 5.11. The lowest BCUT2D eigenvalue weighted by atomic mass is 10.0. The van der Waals surface area contributed by atoms with Crippen molar-refractivity contribution in [2.45, 2.75) is 12.5 Å². The maximum Gasteiger partial charge on any atom is 0.331 e. The van der Waals surface area contributed by atoms with Crippen LogP contribution >= 0.6 is 0 Å². The number of aliphatic carboxylic acids is 1. The molecule has 1 saturated heterocycles. The normalized spacial score (nSPS) is 23.1. The Morgan fingerprint density at radius 2 is 1.94 bits per heavy atom. The van der Waals surface area contributed by atoms with Crippen LogP contribution in [-0.4, -0.2) is 29.2 Å². The molecule has 0 aliphatic carbocycles. The van der Waals surface area contributed by atoms with E-state index in [2.05, 4.69) is 5.32 Å². The van der Waals surface area contributed by atoms with Crippen molar-refractivity contribution in [3.05, 3.63) is 29.8 Å². The number of hydrogen-bond acceptors (Lipinski definition) is 2. The second-order valence-electron chi connectivity index (χ2n) is 4.28. The van der Waals surface area contributed by atoms with E-state index in [4.69, 9.17) is 5.11 Å². The number of amides is 2. The van der Waals surface area contributed by atoms with Gasteiger partial charge in [0, 0.05) is 6.07 Å². The zero-order chi connectivity index (χ0) is 13.5. The molecule has 1 aromatic rings. The Balaban J connectivity index is 2.35. The Morgan fingerprint density at radius 3 is 2.39 bits per heavy atom. The number of carbonyl (C=O) groups excluding carboxylic acids is 1. The van der Waals surface area contributed by atoms with Crippen molar-refractivity contribution in [3.8, 4) is 0 Å². The van der Waals surface area contributed by atoms with Crippen LogP contribution in [0.4, 0.5) is 19.3 Å². The van der Waals surface area contributed by atoms with E-state index < -0.39 is 29.2 Å². The second kappa shape index (κ2) is 3.94. The molecule has 2 rings (SSSR count). The molecule has 0 radical (unpaired) electrons. The first-order valence-electron chi connectivity index (χ1n) is 5.11. The Labute approximate surface area is 101 Å². The van der Waals surface area contributed by atoms with Crippen LogP contribution < -0.4 is 10.2 Å². The highest BCUT2D eigenvalue weighted by atomic mass is 19.1. The van der Waals surface area contributed by atoms with Crippen LogP contribution in [0.15, 0.2) is 18.2 Å². The molecule has 0 saturated carbocycles. The first kappa shape index (κ1) is 12.3. The van der Waals surface area contributed by atoms with Crippen molar-refractivity contribution < 1.29 is 23.5 Å². The maximum atomic E-state index is 13.0. The van der Waals surface area contributed by atoms with E-state index >= 15 is 0 Å². The van der Waals surface area contributed by atoms with E-state index in [1.807, 2.05) is 0 Å². The third kappa shape index (κ3) is 1.99. The number of nitrogens with one attached hydrogen (secondary N) is 1. The molecule has 5 nitrogen and oxygen atoms in total. The predicted molar refractivity (Wildman–Crippen MR) is 58.3 cm³/mol. The molecular formula is C11H10F2N2O3. The summed E-state index contributed by atoms with van der Waals surface area (Å²) in [5.74, 6) is -2.88. The number of urea groups is 1. The monoisotopic (exact) mass is 256 g/mol. The fourth-order valence-electron chi connectivity index (χ4n) is 1.76. The summed E-state index contributed by atoms with van der Waals surface area (Å²) in [6, 6.07) is 1.91. The highest BCUT2D eigenvalue weighted by Crippen LogP contribution is 2.25. The van der Waals surface area contributed by atoms with Crippen LogP contribution in [0.5, 0.6) is 0 Å². The third-order valence-electron chi connectivity index (χ3n) is 2.73. The molecule has 1 fully saturated rings. The van der Waals surface area contributed by atoms with Crippen LogP contribution in [0.25, 0.3) is 0 Å². The molecule has 0 spiro atoms. The van der Waals surface area contributed by atoms with E-state index in [9.17, 15) is 18.4 Å². The molecule has 2 amide bonds. The molecule has 1 atom stereocenters. The fourth-order valence-corrected chi connectivity index (χ4v) is 1.76. The summed E-state index contributed by atoms with van der Waals surface area (Å²) in [5.41, 5.74) is -1.49. The summed E-state index contributed by atoms with van der Waals surface area (Å²) in [7, 11) is 0. The van der Waals surface area contributed by atoms with Crippen LogP contribution in [0, 0.1) is 11.6 Å². The Kier molecular flexibility index (Phi) is 2.68. The van der Waals surface area contributed by atoms with Gasteiger partial charge in [0.15, 0.2) is 5.54 Å². The second-order valence-corrected chi connectivity index (χ2v) is 4.28. The van der Waals surface area contributed by atoms with Gasteiger partial charge >= 0.3 is 12.0 Å². The van der Waals surface area contributed by atoms with Gasteiger partial charge in [-0.25, -0.2) is 18.4 Å². The Bertz CT molecular complexity index is 515. The highest BCUT2D eigenvalue weighted by Gasteiger charge is 2.45. The summed E-state index contributed by atoms with van der Waals surface area (Å²) in [6.45, 7) is 1.12. The van der Waals surface area contributed by atoms with Crippen molar-refractivity contribution in [2.75, 3.05) is 11.4 Å². The lowest BCUT2D eigenvalue weighted by molar-refractivity contribution is -0.142. The molecule has 1 aliphatic heterocycles. The van der Waals surface area contributed by atoms with Gasteiger partial charge in [0.05, 0.1) is 12.2 Å². The lowest BCUT2D eigenvalue weighted by Crippen LogP contribution is -2.47. The van der Waals surface area contributed by atoms with E-state index in [1.54, 1.807) is 0 Å². The van der Waals surface area contributed by atoms with Gasteiger partial charge in [-0.2, -0.15) is 0 Å². The molecule has 1 aromatic carbocycles. The number of halogens is 2. The molecule has 1 aliphatic rings. The van der Waals surface area contributed by atoms with E-state index in [0.29, 0.717) is 6.07 Å². The number of benzene rings is 1. The first-order chi connectivity index (χ1) is 8.32. The van der Waals surface area contributed by atoms with Crippen molar-refractivity contribution in [2.24, 2.45) is 0 Å². The summed E-state index contributed by atoms with van der Waals surface area (Å²) in [4.78, 5) is 23.6. The molecule has 7 heteroatoms. The van der Waals surface area contributed by atoms with Gasteiger partial charge in [0.1, 0.15) is 11.6 Å². The zero-order valence-electron chi connectivity index (χ0n) is 9.41. The van der Waals surface area contributed by atoms with Crippen molar-refractivity contribution in [1.82, 2.24) is 5.32 Å². The maximum absolute atomic E-state index is 13.0. The standard InChI is InChI=1S/C11H10F2N2O3/c1-11(9(16)17)5-15(10(18)14-11)8-3-6(12)2-7(13)4-8/h2-4H,5H2,1H3,(H,14,18)(H,16,17). The third-order valence-corrected chi connectivity index (χ3v) is 2.73. The number of carboxylic acid groups (broad SMARTS) is 1. The number of nitrogens with zero attached hydrogens (tertiary/aromatic N) is 1. The number of rotatable bonds is 2. The lowest BCUT2D eigenvalue weighted by Gasteiger charge is -2.18. The van der Waals surface area contributed by atoms with Gasteiger partial charge in [-0.1, -0.05) is 0 Å². The molecular weight excluding hydrogens is 246 g/mol. The van der Waals surface area contributed by atoms with Gasteiger partial charge in [-0.3, -0.25) is 4.90 Å². The fraction of sp³-hybridized carbons (Fsp3) is 0.273. The minimum absolute atomic E-state index is 0.0185. The van der Waals surface area contributed by atoms with Gasteiger partial charge < -0.3 is 10.4 Å². The molecule has 1 unspecified atom stereocenters. The number of hydrogen-bond donors (Lipinski definition) is 2. The van der Waals surface area contributed by atoms with Crippen LogP contribution in [0.2, 0.25) is 0 Å². The number of carboxylic acids is 1. The average molecular weight is 256 g/mol. The summed E-state index contributed by atoms with van der Waals surface area (Å²) >= 11 is 0. The molecule has 18 heavy (non-hydrogen) atoms. The van der Waals surface area contributed by atoms with Crippen molar-refractivity contribution in [1.29, 1.82) is 0 Å². The minimum atomic E-state index is -1.47.